The molecule has 2 heterocycles. The molecule has 1 fully saturated rings. The smallest absolute Gasteiger partial charge is 0.231 e. The zero-order valence-corrected chi connectivity index (χ0v) is 18.2. The third-order valence-electron chi connectivity index (χ3n) is 6.10. The van der Waals surface area contributed by atoms with Crippen LogP contribution in [0, 0.1) is 11.8 Å². The van der Waals surface area contributed by atoms with E-state index in [4.69, 9.17) is 33.2 Å². The number of hydrogen-bond acceptors (Lipinski definition) is 7. The Morgan fingerprint density at radius 1 is 0.700 bits per heavy atom. The van der Waals surface area contributed by atoms with Gasteiger partial charge in [0.2, 0.25) is 18.3 Å². The van der Waals surface area contributed by atoms with Gasteiger partial charge in [0.15, 0.2) is 23.0 Å². The molecule has 0 saturated carbocycles. The lowest BCUT2D eigenvalue weighted by atomic mass is 9.85. The van der Waals surface area contributed by atoms with Gasteiger partial charge in [-0.3, -0.25) is 0 Å². The normalized spacial score (nSPS) is 24.6. The molecule has 2 aromatic rings. The Morgan fingerprint density at radius 3 is 1.77 bits per heavy atom. The summed E-state index contributed by atoms with van der Waals surface area (Å²) in [5.41, 5.74) is 1.99. The predicted molar refractivity (Wildman–Crippen MR) is 110 cm³/mol. The molecule has 0 amide bonds. The summed E-state index contributed by atoms with van der Waals surface area (Å²) in [6.45, 7) is 4.59. The molecule has 0 aliphatic carbocycles. The van der Waals surface area contributed by atoms with Gasteiger partial charge in [0.05, 0.1) is 40.6 Å². The zero-order valence-electron chi connectivity index (χ0n) is 18.2. The number of rotatable bonds is 6. The zero-order chi connectivity index (χ0) is 21.4. The van der Waals surface area contributed by atoms with Crippen LogP contribution in [0.15, 0.2) is 24.3 Å². The summed E-state index contributed by atoms with van der Waals surface area (Å²) >= 11 is 0. The van der Waals surface area contributed by atoms with E-state index in [-0.39, 0.29) is 30.8 Å². The standard InChI is InChI=1S/C23H28O7/c1-12-13(2)21(15-9-18(26-5)23-19(10-15)28-11-29-23)30-20(12)14-7-16(24-3)22(27-6)17(8-14)25-4/h7-10,12-13,20-21H,11H2,1-6H3/t12-,13+,20-,21+/m0/s1. The van der Waals surface area contributed by atoms with Gasteiger partial charge in [-0.25, -0.2) is 0 Å². The van der Waals surface area contributed by atoms with Crippen LogP contribution in [-0.4, -0.2) is 35.2 Å². The third-order valence-corrected chi connectivity index (χ3v) is 6.10. The van der Waals surface area contributed by atoms with Crippen LogP contribution in [0.3, 0.4) is 0 Å². The van der Waals surface area contributed by atoms with E-state index in [1.165, 1.54) is 0 Å². The number of methoxy groups -OCH3 is 4. The summed E-state index contributed by atoms with van der Waals surface area (Å²) in [7, 11) is 6.45. The Balaban J connectivity index is 1.69. The molecule has 2 aromatic carbocycles. The van der Waals surface area contributed by atoms with Crippen LogP contribution in [-0.2, 0) is 4.74 Å². The molecule has 0 N–H and O–H groups in total. The van der Waals surface area contributed by atoms with E-state index in [0.29, 0.717) is 34.5 Å². The van der Waals surface area contributed by atoms with Crippen molar-refractivity contribution in [3.05, 3.63) is 35.4 Å². The fraction of sp³-hybridized carbons (Fsp3) is 0.478. The summed E-state index contributed by atoms with van der Waals surface area (Å²) in [6.07, 6.45) is -0.248. The average Bonchev–Trinajstić information content (AvgIpc) is 3.36. The highest BCUT2D eigenvalue weighted by Crippen LogP contribution is 2.53. The van der Waals surface area contributed by atoms with Crippen molar-refractivity contribution >= 4 is 0 Å². The second-order valence-electron chi connectivity index (χ2n) is 7.61. The molecular formula is C23H28O7. The lowest BCUT2D eigenvalue weighted by Gasteiger charge is -2.20. The van der Waals surface area contributed by atoms with E-state index in [1.807, 2.05) is 24.3 Å². The van der Waals surface area contributed by atoms with Crippen molar-refractivity contribution in [2.75, 3.05) is 35.2 Å². The van der Waals surface area contributed by atoms with Gasteiger partial charge in [0, 0.05) is 0 Å². The van der Waals surface area contributed by atoms with Gasteiger partial charge in [-0.2, -0.15) is 0 Å². The minimum Gasteiger partial charge on any atom is -0.493 e. The third kappa shape index (κ3) is 3.27. The first-order valence-electron chi connectivity index (χ1n) is 9.95. The van der Waals surface area contributed by atoms with E-state index < -0.39 is 0 Å². The number of ether oxygens (including phenoxy) is 7. The summed E-state index contributed by atoms with van der Waals surface area (Å²) < 4.78 is 39.7. The highest BCUT2D eigenvalue weighted by molar-refractivity contribution is 5.56. The maximum Gasteiger partial charge on any atom is 0.231 e. The first kappa shape index (κ1) is 20.5. The SMILES string of the molecule is COc1cc([C@H]2O[C@@H](c3cc(OC)c4c(c3)OCO4)[C@H](C)[C@@H]2C)cc(OC)c1OC. The monoisotopic (exact) mass is 416 g/mol. The fourth-order valence-corrected chi connectivity index (χ4v) is 4.30. The van der Waals surface area contributed by atoms with Gasteiger partial charge >= 0.3 is 0 Å². The topological polar surface area (TPSA) is 64.6 Å². The summed E-state index contributed by atoms with van der Waals surface area (Å²) in [5, 5.41) is 0. The van der Waals surface area contributed by atoms with Gasteiger partial charge < -0.3 is 33.2 Å². The molecule has 4 rings (SSSR count). The summed E-state index contributed by atoms with van der Waals surface area (Å²) in [4.78, 5) is 0. The Kier molecular flexibility index (Phi) is 5.56. The van der Waals surface area contributed by atoms with Crippen LogP contribution in [0.25, 0.3) is 0 Å². The lowest BCUT2D eigenvalue weighted by Crippen LogP contribution is -2.10. The van der Waals surface area contributed by atoms with E-state index >= 15 is 0 Å². The Labute approximate surface area is 176 Å². The Morgan fingerprint density at radius 2 is 1.23 bits per heavy atom. The molecule has 0 aromatic heterocycles. The molecule has 2 aliphatic rings. The van der Waals surface area contributed by atoms with Crippen LogP contribution in [0.2, 0.25) is 0 Å². The maximum absolute atomic E-state index is 6.59. The minimum atomic E-state index is -0.130. The van der Waals surface area contributed by atoms with Gasteiger partial charge in [-0.1, -0.05) is 13.8 Å². The van der Waals surface area contributed by atoms with Gasteiger partial charge in [0.25, 0.3) is 0 Å². The van der Waals surface area contributed by atoms with Crippen LogP contribution in [0.4, 0.5) is 0 Å². The van der Waals surface area contributed by atoms with E-state index in [1.54, 1.807) is 28.4 Å². The van der Waals surface area contributed by atoms with Crippen LogP contribution in [0.5, 0.6) is 34.5 Å². The van der Waals surface area contributed by atoms with Crippen molar-refractivity contribution in [1.82, 2.24) is 0 Å². The van der Waals surface area contributed by atoms with E-state index in [0.717, 1.165) is 11.1 Å². The Hall–Kier alpha value is -2.80. The molecular weight excluding hydrogens is 388 g/mol. The first-order valence-corrected chi connectivity index (χ1v) is 9.95. The second kappa shape index (κ2) is 8.14. The molecule has 0 bridgehead atoms. The first-order chi connectivity index (χ1) is 14.5. The van der Waals surface area contributed by atoms with Crippen molar-refractivity contribution in [1.29, 1.82) is 0 Å². The summed E-state index contributed by atoms with van der Waals surface area (Å²) in [5.74, 6) is 4.30. The molecule has 4 atom stereocenters. The van der Waals surface area contributed by atoms with E-state index in [9.17, 15) is 0 Å². The molecule has 1 saturated heterocycles. The predicted octanol–water partition coefficient (Wildman–Crippen LogP) is 4.53. The fourth-order valence-electron chi connectivity index (χ4n) is 4.30. The molecule has 30 heavy (non-hydrogen) atoms. The quantitative estimate of drug-likeness (QED) is 0.685. The molecule has 0 radical (unpaired) electrons. The minimum absolute atomic E-state index is 0.118. The maximum atomic E-state index is 6.59. The molecule has 162 valence electrons. The Bertz CT molecular complexity index is 901. The summed E-state index contributed by atoms with van der Waals surface area (Å²) in [6, 6.07) is 7.87. The van der Waals surface area contributed by atoms with Crippen LogP contribution >= 0.6 is 0 Å². The highest BCUT2D eigenvalue weighted by Gasteiger charge is 2.42. The molecule has 2 aliphatic heterocycles. The molecule has 7 heteroatoms. The van der Waals surface area contributed by atoms with Crippen LogP contribution in [0.1, 0.15) is 37.2 Å². The molecule has 7 nitrogen and oxygen atoms in total. The largest absolute Gasteiger partial charge is 0.493 e. The van der Waals surface area contributed by atoms with Gasteiger partial charge in [0.1, 0.15) is 0 Å². The van der Waals surface area contributed by atoms with Crippen molar-refractivity contribution < 1.29 is 33.2 Å². The average molecular weight is 416 g/mol. The van der Waals surface area contributed by atoms with Gasteiger partial charge in [-0.15, -0.1) is 0 Å². The molecule has 0 spiro atoms. The van der Waals surface area contributed by atoms with Crippen molar-refractivity contribution in [2.24, 2.45) is 11.8 Å². The number of fused-ring (bicyclic) bond motifs is 1. The molecule has 0 unspecified atom stereocenters. The second-order valence-corrected chi connectivity index (χ2v) is 7.61. The van der Waals surface area contributed by atoms with Crippen molar-refractivity contribution in [3.8, 4) is 34.5 Å². The lowest BCUT2D eigenvalue weighted by molar-refractivity contribution is 0.0286. The number of benzene rings is 2. The van der Waals surface area contributed by atoms with Crippen molar-refractivity contribution in [3.63, 3.8) is 0 Å². The highest BCUT2D eigenvalue weighted by atomic mass is 16.7. The van der Waals surface area contributed by atoms with Gasteiger partial charge in [-0.05, 0) is 47.2 Å². The van der Waals surface area contributed by atoms with Crippen LogP contribution < -0.4 is 28.4 Å². The van der Waals surface area contributed by atoms with E-state index in [2.05, 4.69) is 13.8 Å². The van der Waals surface area contributed by atoms with Crippen molar-refractivity contribution in [2.45, 2.75) is 26.1 Å². The number of hydrogen-bond donors (Lipinski definition) is 0.